The molecule has 1 aromatic carbocycles. The molecule has 0 saturated heterocycles. The molecule has 0 aliphatic heterocycles. The Morgan fingerprint density at radius 1 is 1.38 bits per heavy atom. The Hall–Kier alpha value is -2.60. The van der Waals surface area contributed by atoms with E-state index in [1.807, 2.05) is 29.2 Å². The van der Waals surface area contributed by atoms with E-state index >= 15 is 0 Å². The van der Waals surface area contributed by atoms with Gasteiger partial charge in [-0.05, 0) is 48.9 Å². The minimum absolute atomic E-state index is 0.0341. The molecule has 2 heterocycles. The Bertz CT molecular complexity index is 927. The number of methoxy groups -OCH3 is 1. The Morgan fingerprint density at radius 2 is 2.23 bits per heavy atom. The molecule has 1 N–H and O–H groups in total. The topological polar surface area (TPSA) is 58.2 Å². The summed E-state index contributed by atoms with van der Waals surface area (Å²) >= 11 is 1.71. The van der Waals surface area contributed by atoms with Crippen molar-refractivity contribution >= 4 is 17.2 Å². The van der Waals surface area contributed by atoms with Crippen molar-refractivity contribution < 1.29 is 9.53 Å². The van der Waals surface area contributed by atoms with Crippen molar-refractivity contribution in [2.75, 3.05) is 7.11 Å². The maximum absolute atomic E-state index is 13.3. The molecule has 0 atom stereocenters. The van der Waals surface area contributed by atoms with E-state index in [1.165, 1.54) is 10.4 Å². The van der Waals surface area contributed by atoms with Crippen LogP contribution < -0.4 is 4.74 Å². The Labute approximate surface area is 156 Å². The number of aryl methyl sites for hydroxylation is 1. The van der Waals surface area contributed by atoms with Crippen LogP contribution in [0.3, 0.4) is 0 Å². The van der Waals surface area contributed by atoms with E-state index in [9.17, 15) is 4.79 Å². The summed E-state index contributed by atoms with van der Waals surface area (Å²) in [6, 6.07) is 10.1. The normalized spacial score (nSPS) is 13.6. The molecule has 1 aliphatic carbocycles. The van der Waals surface area contributed by atoms with Crippen molar-refractivity contribution in [1.82, 2.24) is 15.1 Å². The number of H-pyrrole nitrogens is 1. The van der Waals surface area contributed by atoms with E-state index < -0.39 is 0 Å². The number of hydrogen-bond donors (Lipinski definition) is 1. The summed E-state index contributed by atoms with van der Waals surface area (Å²) in [6.45, 7) is 2.76. The lowest BCUT2D eigenvalue weighted by atomic mass is 10.1. The van der Waals surface area contributed by atoms with Crippen molar-refractivity contribution in [1.29, 1.82) is 0 Å². The summed E-state index contributed by atoms with van der Waals surface area (Å²) in [7, 11) is 1.64. The average molecular weight is 367 g/mol. The summed E-state index contributed by atoms with van der Waals surface area (Å²) in [4.78, 5) is 16.6. The van der Waals surface area contributed by atoms with Gasteiger partial charge in [-0.15, -0.1) is 11.3 Å². The first-order chi connectivity index (χ1) is 12.7. The number of amides is 1. The zero-order chi connectivity index (χ0) is 18.1. The van der Waals surface area contributed by atoms with Crippen molar-refractivity contribution in [2.24, 2.45) is 0 Å². The van der Waals surface area contributed by atoms with Crippen molar-refractivity contribution in [3.63, 3.8) is 0 Å². The molecule has 1 fully saturated rings. The summed E-state index contributed by atoms with van der Waals surface area (Å²) in [6.07, 6.45) is 3.78. The largest absolute Gasteiger partial charge is 0.497 e. The Kier molecular flexibility index (Phi) is 4.51. The summed E-state index contributed by atoms with van der Waals surface area (Å²) in [5.74, 6) is 0.788. The van der Waals surface area contributed by atoms with Gasteiger partial charge < -0.3 is 9.64 Å². The van der Waals surface area contributed by atoms with E-state index in [1.54, 1.807) is 24.6 Å². The average Bonchev–Trinajstić information content (AvgIpc) is 3.23. The van der Waals surface area contributed by atoms with E-state index in [-0.39, 0.29) is 5.91 Å². The van der Waals surface area contributed by atoms with Crippen LogP contribution in [0.2, 0.25) is 0 Å². The summed E-state index contributed by atoms with van der Waals surface area (Å²) in [5, 5.41) is 9.21. The number of rotatable bonds is 6. The minimum Gasteiger partial charge on any atom is -0.497 e. The number of thiophene rings is 1. The number of hydrogen-bond acceptors (Lipinski definition) is 4. The lowest BCUT2D eigenvalue weighted by Gasteiger charge is -2.22. The van der Waals surface area contributed by atoms with Crippen LogP contribution in [-0.4, -0.2) is 34.2 Å². The quantitative estimate of drug-likeness (QED) is 0.708. The van der Waals surface area contributed by atoms with E-state index in [0.717, 1.165) is 29.8 Å². The molecule has 26 heavy (non-hydrogen) atoms. The first-order valence-electron chi connectivity index (χ1n) is 8.69. The van der Waals surface area contributed by atoms with Gasteiger partial charge in [0, 0.05) is 16.5 Å². The third-order valence-corrected chi connectivity index (χ3v) is 5.77. The molecular formula is C20H21N3O2S. The van der Waals surface area contributed by atoms with Gasteiger partial charge in [0.15, 0.2) is 0 Å². The van der Waals surface area contributed by atoms with Gasteiger partial charge in [0.25, 0.3) is 5.91 Å². The van der Waals surface area contributed by atoms with Crippen LogP contribution in [0.5, 0.6) is 5.75 Å². The van der Waals surface area contributed by atoms with Gasteiger partial charge in [0.2, 0.25) is 0 Å². The Morgan fingerprint density at radius 3 is 2.92 bits per heavy atom. The van der Waals surface area contributed by atoms with Crippen LogP contribution in [0, 0.1) is 6.92 Å². The van der Waals surface area contributed by atoms with E-state index in [4.69, 9.17) is 4.74 Å². The molecular weight excluding hydrogens is 346 g/mol. The third-order valence-electron chi connectivity index (χ3n) is 4.76. The molecule has 3 aromatic rings. The predicted octanol–water partition coefficient (Wildman–Crippen LogP) is 4.26. The number of ether oxygens (including phenoxy) is 1. The number of nitrogens with one attached hydrogen (secondary N) is 1. The molecule has 6 heteroatoms. The van der Waals surface area contributed by atoms with Crippen LogP contribution in [0.4, 0.5) is 0 Å². The molecule has 0 spiro atoms. The summed E-state index contributed by atoms with van der Waals surface area (Å²) in [5.41, 5.74) is 3.49. The zero-order valence-electron chi connectivity index (χ0n) is 14.9. The van der Waals surface area contributed by atoms with Gasteiger partial charge in [-0.1, -0.05) is 12.1 Å². The lowest BCUT2D eigenvalue weighted by Crippen LogP contribution is -2.32. The highest BCUT2D eigenvalue weighted by molar-refractivity contribution is 7.10. The second kappa shape index (κ2) is 6.96. The van der Waals surface area contributed by atoms with Crippen molar-refractivity contribution in [3.05, 3.63) is 57.9 Å². The SMILES string of the molecule is COc1cccc(-c2[nH]ncc2C(=O)N(Cc2sccc2C)C2CC2)c1. The standard InChI is InChI=1S/C20H21N3O2S/c1-13-8-9-26-18(13)12-23(15-6-7-15)20(24)17-11-21-22-19(17)14-4-3-5-16(10-14)25-2/h3-5,8-11,15H,6-7,12H2,1-2H3,(H,21,22). The molecule has 0 bridgehead atoms. The second-order valence-electron chi connectivity index (χ2n) is 6.58. The molecule has 2 aromatic heterocycles. The number of benzene rings is 1. The first-order valence-corrected chi connectivity index (χ1v) is 9.57. The van der Waals surface area contributed by atoms with Crippen LogP contribution in [0.25, 0.3) is 11.3 Å². The fraction of sp³-hybridized carbons (Fsp3) is 0.300. The number of nitrogens with zero attached hydrogens (tertiary/aromatic N) is 2. The minimum atomic E-state index is 0.0341. The maximum Gasteiger partial charge on any atom is 0.258 e. The van der Waals surface area contributed by atoms with Gasteiger partial charge >= 0.3 is 0 Å². The fourth-order valence-corrected chi connectivity index (χ4v) is 3.98. The molecule has 1 amide bonds. The van der Waals surface area contributed by atoms with Crippen LogP contribution >= 0.6 is 11.3 Å². The Balaban J connectivity index is 1.65. The molecule has 134 valence electrons. The molecule has 4 rings (SSSR count). The molecule has 5 nitrogen and oxygen atoms in total. The van der Waals surface area contributed by atoms with Crippen LogP contribution in [-0.2, 0) is 6.54 Å². The highest BCUT2D eigenvalue weighted by atomic mass is 32.1. The number of carbonyl (C=O) groups excluding carboxylic acids is 1. The zero-order valence-corrected chi connectivity index (χ0v) is 15.7. The van der Waals surface area contributed by atoms with Gasteiger partial charge in [-0.25, -0.2) is 0 Å². The van der Waals surface area contributed by atoms with Crippen LogP contribution in [0.15, 0.2) is 41.9 Å². The highest BCUT2D eigenvalue weighted by Crippen LogP contribution is 2.33. The molecule has 0 unspecified atom stereocenters. The first kappa shape index (κ1) is 16.8. The number of aromatic nitrogens is 2. The third kappa shape index (κ3) is 3.24. The number of carbonyl (C=O) groups is 1. The summed E-state index contributed by atoms with van der Waals surface area (Å²) < 4.78 is 5.30. The molecule has 0 radical (unpaired) electrons. The van der Waals surface area contributed by atoms with Crippen LogP contribution in [0.1, 0.15) is 33.6 Å². The van der Waals surface area contributed by atoms with E-state index in [0.29, 0.717) is 18.2 Å². The highest BCUT2D eigenvalue weighted by Gasteiger charge is 2.35. The van der Waals surface area contributed by atoms with Crippen molar-refractivity contribution in [2.45, 2.75) is 32.4 Å². The van der Waals surface area contributed by atoms with Gasteiger partial charge in [-0.2, -0.15) is 5.10 Å². The van der Waals surface area contributed by atoms with Gasteiger partial charge in [-0.3, -0.25) is 9.89 Å². The lowest BCUT2D eigenvalue weighted by molar-refractivity contribution is 0.0732. The molecule has 1 aliphatic rings. The predicted molar refractivity (Wildman–Crippen MR) is 103 cm³/mol. The maximum atomic E-state index is 13.3. The molecule has 1 saturated carbocycles. The van der Waals surface area contributed by atoms with Gasteiger partial charge in [0.1, 0.15) is 5.75 Å². The fourth-order valence-electron chi connectivity index (χ4n) is 3.08. The van der Waals surface area contributed by atoms with E-state index in [2.05, 4.69) is 28.6 Å². The monoisotopic (exact) mass is 367 g/mol. The van der Waals surface area contributed by atoms with Crippen molar-refractivity contribution in [3.8, 4) is 17.0 Å². The smallest absolute Gasteiger partial charge is 0.258 e. The number of aromatic amines is 1. The second-order valence-corrected chi connectivity index (χ2v) is 7.58. The van der Waals surface area contributed by atoms with Gasteiger partial charge in [0.05, 0.1) is 31.1 Å².